The number of benzene rings is 2. The molecule has 0 spiro atoms. The highest BCUT2D eigenvalue weighted by Crippen LogP contribution is 2.20. The standard InChI is InChI=1S/C15H14F2O2/c1-10-3-5-13(8-14(10)16)19-9-11-4-6-12(18-2)7-15(11)17/h3-8H,9H2,1-2H3. The maximum atomic E-state index is 13.6. The van der Waals surface area contributed by atoms with Gasteiger partial charge in [-0.1, -0.05) is 6.07 Å². The number of rotatable bonds is 4. The molecule has 0 heterocycles. The summed E-state index contributed by atoms with van der Waals surface area (Å²) in [5.41, 5.74) is 0.935. The molecule has 2 aromatic carbocycles. The lowest BCUT2D eigenvalue weighted by atomic mass is 10.2. The quantitative estimate of drug-likeness (QED) is 0.834. The molecule has 0 aliphatic heterocycles. The molecule has 0 aliphatic rings. The summed E-state index contributed by atoms with van der Waals surface area (Å²) in [7, 11) is 1.47. The van der Waals surface area contributed by atoms with Crippen LogP contribution < -0.4 is 9.47 Å². The molecule has 2 nitrogen and oxygen atoms in total. The zero-order valence-electron chi connectivity index (χ0n) is 10.7. The molecule has 4 heteroatoms. The van der Waals surface area contributed by atoms with Crippen LogP contribution in [0.3, 0.4) is 0 Å². The monoisotopic (exact) mass is 264 g/mol. The number of ether oxygens (including phenoxy) is 2. The van der Waals surface area contributed by atoms with Crippen molar-refractivity contribution in [3.63, 3.8) is 0 Å². The summed E-state index contributed by atoms with van der Waals surface area (Å²) >= 11 is 0. The smallest absolute Gasteiger partial charge is 0.133 e. The van der Waals surface area contributed by atoms with Crippen LogP contribution in [0.15, 0.2) is 36.4 Å². The first-order chi connectivity index (χ1) is 9.10. The predicted octanol–water partition coefficient (Wildman–Crippen LogP) is 3.86. The third kappa shape index (κ3) is 3.22. The largest absolute Gasteiger partial charge is 0.497 e. The van der Waals surface area contributed by atoms with Crippen molar-refractivity contribution in [1.29, 1.82) is 0 Å². The molecule has 0 unspecified atom stereocenters. The second kappa shape index (κ2) is 5.69. The van der Waals surface area contributed by atoms with Crippen LogP contribution in [0.4, 0.5) is 8.78 Å². The fraction of sp³-hybridized carbons (Fsp3) is 0.200. The lowest BCUT2D eigenvalue weighted by Gasteiger charge is -2.09. The number of methoxy groups -OCH3 is 1. The SMILES string of the molecule is COc1ccc(COc2ccc(C)c(F)c2)c(F)c1. The van der Waals surface area contributed by atoms with Crippen molar-refractivity contribution in [1.82, 2.24) is 0 Å². The second-order valence-electron chi connectivity index (χ2n) is 4.16. The van der Waals surface area contributed by atoms with Crippen LogP contribution in [0.5, 0.6) is 11.5 Å². The van der Waals surface area contributed by atoms with Crippen LogP contribution in [0.25, 0.3) is 0 Å². The van der Waals surface area contributed by atoms with Crippen LogP contribution in [-0.2, 0) is 6.61 Å². The van der Waals surface area contributed by atoms with Crippen molar-refractivity contribution < 1.29 is 18.3 Å². The molecule has 0 saturated carbocycles. The minimum Gasteiger partial charge on any atom is -0.497 e. The van der Waals surface area contributed by atoms with Crippen LogP contribution in [0.2, 0.25) is 0 Å². The second-order valence-corrected chi connectivity index (χ2v) is 4.16. The van der Waals surface area contributed by atoms with E-state index in [0.29, 0.717) is 22.6 Å². The molecule has 0 N–H and O–H groups in total. The van der Waals surface area contributed by atoms with Crippen molar-refractivity contribution >= 4 is 0 Å². The highest BCUT2D eigenvalue weighted by molar-refractivity contribution is 5.30. The van der Waals surface area contributed by atoms with E-state index in [1.165, 1.54) is 19.2 Å². The zero-order chi connectivity index (χ0) is 13.8. The van der Waals surface area contributed by atoms with E-state index in [2.05, 4.69) is 0 Å². The van der Waals surface area contributed by atoms with E-state index in [1.807, 2.05) is 0 Å². The van der Waals surface area contributed by atoms with Crippen LogP contribution in [0, 0.1) is 18.6 Å². The summed E-state index contributed by atoms with van der Waals surface area (Å²) < 4.78 is 37.2. The highest BCUT2D eigenvalue weighted by Gasteiger charge is 2.06. The van der Waals surface area contributed by atoms with E-state index >= 15 is 0 Å². The molecule has 2 rings (SSSR count). The Labute approximate surface area is 110 Å². The highest BCUT2D eigenvalue weighted by atomic mass is 19.1. The molecule has 2 aromatic rings. The normalized spacial score (nSPS) is 10.3. The average Bonchev–Trinajstić information content (AvgIpc) is 2.41. The van der Waals surface area contributed by atoms with Gasteiger partial charge < -0.3 is 9.47 Å². The van der Waals surface area contributed by atoms with Gasteiger partial charge in [-0.05, 0) is 30.7 Å². The van der Waals surface area contributed by atoms with E-state index in [9.17, 15) is 8.78 Å². The van der Waals surface area contributed by atoms with Gasteiger partial charge in [-0.15, -0.1) is 0 Å². The fourth-order valence-electron chi connectivity index (χ4n) is 1.60. The van der Waals surface area contributed by atoms with Gasteiger partial charge in [0.1, 0.15) is 29.7 Å². The van der Waals surface area contributed by atoms with Gasteiger partial charge in [-0.3, -0.25) is 0 Å². The Morgan fingerprint density at radius 2 is 1.63 bits per heavy atom. The number of aryl methyl sites for hydroxylation is 1. The predicted molar refractivity (Wildman–Crippen MR) is 68.4 cm³/mol. The van der Waals surface area contributed by atoms with E-state index in [0.717, 1.165) is 0 Å². The minimum absolute atomic E-state index is 0.0400. The fourth-order valence-corrected chi connectivity index (χ4v) is 1.60. The Morgan fingerprint density at radius 1 is 0.947 bits per heavy atom. The zero-order valence-corrected chi connectivity index (χ0v) is 10.7. The van der Waals surface area contributed by atoms with Gasteiger partial charge in [0.15, 0.2) is 0 Å². The van der Waals surface area contributed by atoms with Gasteiger partial charge in [-0.25, -0.2) is 8.78 Å². The first-order valence-corrected chi connectivity index (χ1v) is 5.81. The average molecular weight is 264 g/mol. The summed E-state index contributed by atoms with van der Waals surface area (Å²) in [4.78, 5) is 0. The lowest BCUT2D eigenvalue weighted by Crippen LogP contribution is -1.99. The summed E-state index contributed by atoms with van der Waals surface area (Å²) in [5, 5.41) is 0. The van der Waals surface area contributed by atoms with Gasteiger partial charge in [0.05, 0.1) is 7.11 Å². The molecule has 0 aromatic heterocycles. The Balaban J connectivity index is 2.07. The molecule has 100 valence electrons. The molecule has 0 radical (unpaired) electrons. The van der Waals surface area contributed by atoms with E-state index in [-0.39, 0.29) is 12.4 Å². The molecule has 0 atom stereocenters. The summed E-state index contributed by atoms with van der Waals surface area (Å²) in [5.74, 6) is 0.0700. The molecule has 0 bridgehead atoms. The Kier molecular flexibility index (Phi) is 4.00. The van der Waals surface area contributed by atoms with Crippen molar-refractivity contribution in [2.45, 2.75) is 13.5 Å². The van der Waals surface area contributed by atoms with Gasteiger partial charge in [0.2, 0.25) is 0 Å². The Hall–Kier alpha value is -2.10. The summed E-state index contributed by atoms with van der Waals surface area (Å²) in [6.07, 6.45) is 0. The van der Waals surface area contributed by atoms with Crippen LogP contribution in [-0.4, -0.2) is 7.11 Å². The van der Waals surface area contributed by atoms with Gasteiger partial charge in [-0.2, -0.15) is 0 Å². The molecule has 0 aliphatic carbocycles. The van der Waals surface area contributed by atoms with E-state index in [1.54, 1.807) is 31.2 Å². The number of halogens is 2. The third-order valence-corrected chi connectivity index (χ3v) is 2.80. The van der Waals surface area contributed by atoms with E-state index in [4.69, 9.17) is 9.47 Å². The van der Waals surface area contributed by atoms with Crippen LogP contribution in [0.1, 0.15) is 11.1 Å². The molecular formula is C15H14F2O2. The van der Waals surface area contributed by atoms with Crippen molar-refractivity contribution in [2.75, 3.05) is 7.11 Å². The maximum absolute atomic E-state index is 13.6. The van der Waals surface area contributed by atoms with Gasteiger partial charge in [0, 0.05) is 17.7 Å². The molecular weight excluding hydrogens is 250 g/mol. The third-order valence-electron chi connectivity index (χ3n) is 2.80. The molecule has 0 saturated heterocycles. The Morgan fingerprint density at radius 3 is 2.26 bits per heavy atom. The summed E-state index contributed by atoms with van der Waals surface area (Å²) in [6, 6.07) is 9.08. The molecule has 0 amide bonds. The van der Waals surface area contributed by atoms with Crippen molar-refractivity contribution in [3.8, 4) is 11.5 Å². The molecule has 19 heavy (non-hydrogen) atoms. The number of hydrogen-bond donors (Lipinski definition) is 0. The Bertz CT molecular complexity index is 582. The topological polar surface area (TPSA) is 18.5 Å². The van der Waals surface area contributed by atoms with E-state index < -0.39 is 5.82 Å². The van der Waals surface area contributed by atoms with Crippen molar-refractivity contribution in [3.05, 3.63) is 59.2 Å². The van der Waals surface area contributed by atoms with Crippen molar-refractivity contribution in [2.24, 2.45) is 0 Å². The maximum Gasteiger partial charge on any atom is 0.133 e. The van der Waals surface area contributed by atoms with Gasteiger partial charge in [0.25, 0.3) is 0 Å². The molecule has 0 fully saturated rings. The minimum atomic E-state index is -0.410. The lowest BCUT2D eigenvalue weighted by molar-refractivity contribution is 0.297. The number of hydrogen-bond acceptors (Lipinski definition) is 2. The van der Waals surface area contributed by atoms with Crippen LogP contribution >= 0.6 is 0 Å². The first-order valence-electron chi connectivity index (χ1n) is 5.81. The first kappa shape index (κ1) is 13.3. The summed E-state index contributed by atoms with van der Waals surface area (Å²) in [6.45, 7) is 1.71. The van der Waals surface area contributed by atoms with Gasteiger partial charge >= 0.3 is 0 Å².